The smallest absolute Gasteiger partial charge is 0.225 e. The number of ether oxygens (including phenoxy) is 2. The Morgan fingerprint density at radius 3 is 3.00 bits per heavy atom. The lowest BCUT2D eigenvalue weighted by molar-refractivity contribution is 0.185. The molecule has 1 saturated heterocycles. The predicted octanol–water partition coefficient (Wildman–Crippen LogP) is 1.29. The minimum Gasteiger partial charge on any atom is -0.481 e. The summed E-state index contributed by atoms with van der Waals surface area (Å²) >= 11 is 0. The second kappa shape index (κ2) is 7.48. The highest BCUT2D eigenvalue weighted by atomic mass is 16.5. The van der Waals surface area contributed by atoms with Crippen LogP contribution in [0.2, 0.25) is 0 Å². The first-order valence-corrected chi connectivity index (χ1v) is 8.14. The van der Waals surface area contributed by atoms with Crippen LogP contribution in [0.4, 0.5) is 11.8 Å². The van der Waals surface area contributed by atoms with Gasteiger partial charge in [-0.3, -0.25) is 0 Å². The van der Waals surface area contributed by atoms with Crippen molar-refractivity contribution in [2.75, 3.05) is 44.5 Å². The maximum atomic E-state index is 5.79. The molecule has 24 heavy (non-hydrogen) atoms. The molecular weight excluding hydrogens is 308 g/mol. The van der Waals surface area contributed by atoms with Crippen molar-refractivity contribution in [3.63, 3.8) is 0 Å². The highest BCUT2D eigenvalue weighted by Crippen LogP contribution is 2.29. The molecule has 1 aliphatic rings. The second-order valence-electron chi connectivity index (χ2n) is 5.88. The molecule has 8 heteroatoms. The molecule has 8 nitrogen and oxygen atoms in total. The van der Waals surface area contributed by atoms with Gasteiger partial charge in [0.1, 0.15) is 11.6 Å². The van der Waals surface area contributed by atoms with Crippen molar-refractivity contribution in [3.8, 4) is 5.88 Å². The average Bonchev–Trinajstić information content (AvgIpc) is 3.08. The number of piperidine rings is 1. The number of anilines is 2. The van der Waals surface area contributed by atoms with E-state index in [1.807, 2.05) is 18.5 Å². The maximum Gasteiger partial charge on any atom is 0.225 e. The van der Waals surface area contributed by atoms with Crippen molar-refractivity contribution in [1.82, 2.24) is 19.5 Å². The van der Waals surface area contributed by atoms with E-state index < -0.39 is 0 Å². The van der Waals surface area contributed by atoms with Crippen molar-refractivity contribution < 1.29 is 9.47 Å². The lowest BCUT2D eigenvalue weighted by atomic mass is 9.97. The summed E-state index contributed by atoms with van der Waals surface area (Å²) in [5.74, 6) is 2.98. The molecular formula is C16H24N6O2. The third-order valence-corrected chi connectivity index (χ3v) is 4.31. The van der Waals surface area contributed by atoms with E-state index in [-0.39, 0.29) is 5.95 Å². The van der Waals surface area contributed by atoms with E-state index in [2.05, 4.69) is 24.4 Å². The Bertz CT molecular complexity index is 674. The summed E-state index contributed by atoms with van der Waals surface area (Å²) in [6.45, 7) is 3.29. The highest BCUT2D eigenvalue weighted by Gasteiger charge is 2.26. The number of nitrogen functional groups attached to an aromatic ring is 1. The number of methoxy groups -OCH3 is 2. The number of aromatic nitrogens is 4. The normalized spacial score (nSPS) is 17.9. The molecule has 2 N–H and O–H groups in total. The summed E-state index contributed by atoms with van der Waals surface area (Å²) in [7, 11) is 3.29. The zero-order valence-electron chi connectivity index (χ0n) is 14.2. The topological polar surface area (TPSA) is 91.3 Å². The molecule has 2 aromatic heterocycles. The number of nitrogens with zero attached hydrogens (tertiary/aromatic N) is 5. The van der Waals surface area contributed by atoms with Gasteiger partial charge in [-0.05, 0) is 12.8 Å². The first-order chi connectivity index (χ1) is 11.7. The quantitative estimate of drug-likeness (QED) is 0.852. The summed E-state index contributed by atoms with van der Waals surface area (Å²) < 4.78 is 12.6. The van der Waals surface area contributed by atoms with Crippen LogP contribution < -0.4 is 15.4 Å². The van der Waals surface area contributed by atoms with Gasteiger partial charge in [0.15, 0.2) is 0 Å². The van der Waals surface area contributed by atoms with E-state index in [4.69, 9.17) is 15.2 Å². The molecule has 130 valence electrons. The van der Waals surface area contributed by atoms with Gasteiger partial charge in [-0.25, -0.2) is 4.98 Å². The van der Waals surface area contributed by atoms with Gasteiger partial charge in [0, 0.05) is 51.1 Å². The van der Waals surface area contributed by atoms with Crippen molar-refractivity contribution >= 4 is 11.8 Å². The Balaban J connectivity index is 1.77. The predicted molar refractivity (Wildman–Crippen MR) is 91.3 cm³/mol. The third-order valence-electron chi connectivity index (χ3n) is 4.31. The van der Waals surface area contributed by atoms with E-state index in [1.165, 1.54) is 0 Å². The van der Waals surface area contributed by atoms with Crippen LogP contribution in [0.5, 0.6) is 5.88 Å². The molecule has 1 fully saturated rings. The number of nitrogens with two attached hydrogens (primary N) is 1. The van der Waals surface area contributed by atoms with Gasteiger partial charge in [0.2, 0.25) is 11.8 Å². The molecule has 0 aromatic carbocycles. The van der Waals surface area contributed by atoms with Crippen LogP contribution in [0.25, 0.3) is 0 Å². The van der Waals surface area contributed by atoms with Gasteiger partial charge >= 0.3 is 0 Å². The third kappa shape index (κ3) is 3.59. The van der Waals surface area contributed by atoms with Crippen molar-refractivity contribution in [1.29, 1.82) is 0 Å². The Kier molecular flexibility index (Phi) is 5.14. The van der Waals surface area contributed by atoms with E-state index in [9.17, 15) is 0 Å². The van der Waals surface area contributed by atoms with Crippen molar-refractivity contribution in [2.45, 2.75) is 25.3 Å². The van der Waals surface area contributed by atoms with Gasteiger partial charge in [-0.15, -0.1) is 0 Å². The average molecular weight is 332 g/mol. The molecule has 1 aliphatic heterocycles. The lowest BCUT2D eigenvalue weighted by Gasteiger charge is -2.33. The van der Waals surface area contributed by atoms with Crippen LogP contribution in [-0.2, 0) is 11.3 Å². The molecule has 3 heterocycles. The first-order valence-electron chi connectivity index (χ1n) is 8.14. The second-order valence-corrected chi connectivity index (χ2v) is 5.88. The first kappa shape index (κ1) is 16.5. The van der Waals surface area contributed by atoms with Gasteiger partial charge in [0.25, 0.3) is 0 Å². The standard InChI is InChI=1S/C16H24N6O2/c1-23-9-8-21-7-5-18-15(21)12-4-3-6-22(11-12)13-10-14(24-2)20-16(17)19-13/h5,7,10,12H,3-4,6,8-9,11H2,1-2H3,(H2,17,19,20)/t12-/m0/s1. The van der Waals surface area contributed by atoms with Gasteiger partial charge in [-0.1, -0.05) is 0 Å². The van der Waals surface area contributed by atoms with Crippen LogP contribution in [0, 0.1) is 0 Å². The van der Waals surface area contributed by atoms with Gasteiger partial charge in [-0.2, -0.15) is 9.97 Å². The molecule has 2 aromatic rings. The molecule has 1 atom stereocenters. The zero-order valence-corrected chi connectivity index (χ0v) is 14.2. The highest BCUT2D eigenvalue weighted by molar-refractivity contribution is 5.46. The molecule has 0 radical (unpaired) electrons. The molecule has 0 saturated carbocycles. The van der Waals surface area contributed by atoms with E-state index in [1.54, 1.807) is 14.2 Å². The summed E-state index contributed by atoms with van der Waals surface area (Å²) in [4.78, 5) is 15.2. The number of imidazole rings is 1. The lowest BCUT2D eigenvalue weighted by Crippen LogP contribution is -2.36. The number of rotatable bonds is 6. The molecule has 0 amide bonds. The monoisotopic (exact) mass is 332 g/mol. The van der Waals surface area contributed by atoms with Crippen LogP contribution in [0.1, 0.15) is 24.6 Å². The van der Waals surface area contributed by atoms with Crippen LogP contribution in [0.15, 0.2) is 18.5 Å². The molecule has 3 rings (SSSR count). The number of hydrogen-bond donors (Lipinski definition) is 1. The largest absolute Gasteiger partial charge is 0.481 e. The van der Waals surface area contributed by atoms with Crippen molar-refractivity contribution in [3.05, 3.63) is 24.3 Å². The molecule has 0 bridgehead atoms. The summed E-state index contributed by atoms with van der Waals surface area (Å²) in [5.41, 5.74) is 5.79. The minimum atomic E-state index is 0.230. The van der Waals surface area contributed by atoms with E-state index >= 15 is 0 Å². The molecule has 0 aliphatic carbocycles. The maximum absolute atomic E-state index is 5.79. The Hall–Kier alpha value is -2.35. The van der Waals surface area contributed by atoms with Gasteiger partial charge in [0.05, 0.1) is 13.7 Å². The fourth-order valence-electron chi connectivity index (χ4n) is 3.15. The Morgan fingerprint density at radius 2 is 2.21 bits per heavy atom. The Morgan fingerprint density at radius 1 is 1.33 bits per heavy atom. The summed E-state index contributed by atoms with van der Waals surface area (Å²) in [5, 5.41) is 0. The SMILES string of the molecule is COCCn1ccnc1[C@H]1CCCN(c2cc(OC)nc(N)n2)C1. The van der Waals surface area contributed by atoms with E-state index in [0.29, 0.717) is 18.4 Å². The number of hydrogen-bond acceptors (Lipinski definition) is 7. The summed E-state index contributed by atoms with van der Waals surface area (Å²) in [6, 6.07) is 1.83. The van der Waals surface area contributed by atoms with E-state index in [0.717, 1.165) is 44.1 Å². The van der Waals surface area contributed by atoms with Crippen LogP contribution in [-0.4, -0.2) is 53.4 Å². The van der Waals surface area contributed by atoms with Gasteiger partial charge < -0.3 is 24.7 Å². The minimum absolute atomic E-state index is 0.230. The fraction of sp³-hybridized carbons (Fsp3) is 0.562. The van der Waals surface area contributed by atoms with Crippen LogP contribution in [0.3, 0.4) is 0 Å². The zero-order chi connectivity index (χ0) is 16.9. The van der Waals surface area contributed by atoms with Crippen LogP contribution >= 0.6 is 0 Å². The van der Waals surface area contributed by atoms with Crippen molar-refractivity contribution in [2.24, 2.45) is 0 Å². The molecule has 0 spiro atoms. The molecule has 0 unspecified atom stereocenters. The fourth-order valence-corrected chi connectivity index (χ4v) is 3.15. The Labute approximate surface area is 141 Å². The summed E-state index contributed by atoms with van der Waals surface area (Å²) in [6.07, 6.45) is 6.06.